The molecule has 0 aliphatic carbocycles. The molecular formula is C26H28N4O2. The molecule has 1 aliphatic heterocycles. The number of hydrogen-bond acceptors (Lipinski definition) is 5. The van der Waals surface area contributed by atoms with Crippen molar-refractivity contribution in [3.05, 3.63) is 81.8 Å². The topological polar surface area (TPSA) is 91.2 Å². The molecule has 1 aliphatic rings. The molecule has 2 aromatic carbocycles. The fourth-order valence-corrected chi connectivity index (χ4v) is 4.12. The lowest BCUT2D eigenvalue weighted by Crippen LogP contribution is -2.29. The van der Waals surface area contributed by atoms with Gasteiger partial charge in [0.05, 0.1) is 6.54 Å². The molecule has 0 radical (unpaired) electrons. The van der Waals surface area contributed by atoms with Crippen LogP contribution in [0.2, 0.25) is 0 Å². The Morgan fingerprint density at radius 1 is 1.16 bits per heavy atom. The standard InChI is InChI=1S/C26H28N4O2/c1-17-5-3-6-19(11-17)24-13-25(29-26(32)18(24)2)20-7-4-8-22(12-20)28-14-23(16-31)30-10-9-21(27)15-30/h3-8,11-13,21,28H,9-10,14-15,27H2,1-2H3,(H,29,32). The summed E-state index contributed by atoms with van der Waals surface area (Å²) in [5, 5.41) is 3.30. The molecule has 2 heterocycles. The van der Waals surface area contributed by atoms with Gasteiger partial charge >= 0.3 is 0 Å². The first kappa shape index (κ1) is 21.6. The smallest absolute Gasteiger partial charge is 0.251 e. The van der Waals surface area contributed by atoms with E-state index < -0.39 is 0 Å². The van der Waals surface area contributed by atoms with Crippen molar-refractivity contribution in [2.75, 3.05) is 25.0 Å². The number of likely N-dealkylation sites (tertiary alicyclic amines) is 1. The largest absolute Gasteiger partial charge is 0.379 e. The van der Waals surface area contributed by atoms with Crippen molar-refractivity contribution in [1.82, 2.24) is 9.88 Å². The summed E-state index contributed by atoms with van der Waals surface area (Å²) in [5.74, 6) is 2.05. The predicted molar refractivity (Wildman–Crippen MR) is 129 cm³/mol. The Bertz CT molecular complexity index is 1240. The predicted octanol–water partition coefficient (Wildman–Crippen LogP) is 3.49. The molecule has 0 bridgehead atoms. The highest BCUT2D eigenvalue weighted by atomic mass is 16.1. The minimum absolute atomic E-state index is 0.0997. The number of rotatable bonds is 6. The summed E-state index contributed by atoms with van der Waals surface area (Å²) < 4.78 is 0. The van der Waals surface area contributed by atoms with E-state index in [-0.39, 0.29) is 11.6 Å². The van der Waals surface area contributed by atoms with Gasteiger partial charge in [-0.25, -0.2) is 4.79 Å². The summed E-state index contributed by atoms with van der Waals surface area (Å²) in [4.78, 5) is 29.1. The first-order chi connectivity index (χ1) is 15.4. The Morgan fingerprint density at radius 3 is 2.66 bits per heavy atom. The second kappa shape index (κ2) is 9.27. The highest BCUT2D eigenvalue weighted by Gasteiger charge is 2.21. The number of benzene rings is 2. The van der Waals surface area contributed by atoms with Crippen molar-refractivity contribution in [1.29, 1.82) is 0 Å². The number of nitrogens with two attached hydrogens (primary N) is 1. The summed E-state index contributed by atoms with van der Waals surface area (Å²) in [7, 11) is 0. The molecule has 6 nitrogen and oxygen atoms in total. The molecule has 32 heavy (non-hydrogen) atoms. The fourth-order valence-electron chi connectivity index (χ4n) is 4.12. The van der Waals surface area contributed by atoms with Crippen LogP contribution >= 0.6 is 0 Å². The zero-order valence-corrected chi connectivity index (χ0v) is 18.4. The van der Waals surface area contributed by atoms with Crippen LogP contribution < -0.4 is 16.6 Å². The van der Waals surface area contributed by atoms with Crippen molar-refractivity contribution in [2.45, 2.75) is 26.3 Å². The molecule has 1 unspecified atom stereocenters. The third-order valence-corrected chi connectivity index (χ3v) is 5.97. The van der Waals surface area contributed by atoms with E-state index in [0.29, 0.717) is 24.4 Å². The SMILES string of the molecule is Cc1cccc(-c2cc(-c3cccc(NCC(=C=O)N4CCC(N)C4)c3)[nH]c(=O)c2C)c1. The van der Waals surface area contributed by atoms with E-state index in [1.165, 1.54) is 0 Å². The van der Waals surface area contributed by atoms with Crippen LogP contribution in [0.1, 0.15) is 17.5 Å². The van der Waals surface area contributed by atoms with Crippen LogP contribution in [0.4, 0.5) is 5.69 Å². The van der Waals surface area contributed by atoms with E-state index in [1.54, 1.807) is 0 Å². The lowest BCUT2D eigenvalue weighted by Gasteiger charge is -2.19. The second-order valence-corrected chi connectivity index (χ2v) is 8.40. The average Bonchev–Trinajstić information content (AvgIpc) is 3.22. The average molecular weight is 429 g/mol. The molecule has 1 aromatic heterocycles. The van der Waals surface area contributed by atoms with Gasteiger partial charge in [-0.15, -0.1) is 0 Å². The number of nitrogens with one attached hydrogen (secondary N) is 2. The van der Waals surface area contributed by atoms with Crippen LogP contribution in [0.5, 0.6) is 0 Å². The lowest BCUT2D eigenvalue weighted by atomic mass is 9.98. The van der Waals surface area contributed by atoms with Crippen molar-refractivity contribution in [3.8, 4) is 22.4 Å². The Balaban J connectivity index is 1.59. The molecule has 1 fully saturated rings. The van der Waals surface area contributed by atoms with Gasteiger partial charge in [-0.05, 0) is 49.6 Å². The quantitative estimate of drug-likeness (QED) is 0.523. The van der Waals surface area contributed by atoms with Crippen LogP contribution in [0.25, 0.3) is 22.4 Å². The molecule has 0 saturated carbocycles. The number of hydrogen-bond donors (Lipinski definition) is 3. The van der Waals surface area contributed by atoms with Crippen molar-refractivity contribution in [3.63, 3.8) is 0 Å². The molecule has 3 aromatic rings. The number of aryl methyl sites for hydroxylation is 1. The molecule has 4 N–H and O–H groups in total. The van der Waals surface area contributed by atoms with Gasteiger partial charge in [0.15, 0.2) is 0 Å². The van der Waals surface area contributed by atoms with Crippen LogP contribution in [0.15, 0.2) is 65.1 Å². The van der Waals surface area contributed by atoms with Crippen molar-refractivity contribution < 1.29 is 4.79 Å². The maximum absolute atomic E-state index is 12.7. The van der Waals surface area contributed by atoms with E-state index in [9.17, 15) is 9.59 Å². The summed E-state index contributed by atoms with van der Waals surface area (Å²) in [6.45, 7) is 5.72. The third-order valence-electron chi connectivity index (χ3n) is 5.97. The first-order valence-corrected chi connectivity index (χ1v) is 10.8. The Hall–Kier alpha value is -3.60. The Labute approximate surface area is 187 Å². The minimum atomic E-state index is -0.103. The highest BCUT2D eigenvalue weighted by molar-refractivity contribution is 5.74. The number of aromatic amines is 1. The Morgan fingerprint density at radius 2 is 1.94 bits per heavy atom. The van der Waals surface area contributed by atoms with Gasteiger partial charge in [0.25, 0.3) is 5.56 Å². The monoisotopic (exact) mass is 428 g/mol. The summed E-state index contributed by atoms with van der Waals surface area (Å²) in [6, 6.07) is 18.1. The van der Waals surface area contributed by atoms with Crippen molar-refractivity contribution in [2.24, 2.45) is 5.73 Å². The lowest BCUT2D eigenvalue weighted by molar-refractivity contribution is 0.416. The zero-order chi connectivity index (χ0) is 22.7. The zero-order valence-electron chi connectivity index (χ0n) is 18.4. The van der Waals surface area contributed by atoms with Gasteiger partial charge in [0.2, 0.25) is 0 Å². The first-order valence-electron chi connectivity index (χ1n) is 10.8. The van der Waals surface area contributed by atoms with E-state index >= 15 is 0 Å². The van der Waals surface area contributed by atoms with Gasteiger partial charge in [-0.3, -0.25) is 4.79 Å². The number of nitrogens with zero attached hydrogens (tertiary/aromatic N) is 1. The normalized spacial score (nSPS) is 15.5. The van der Waals surface area contributed by atoms with Crippen LogP contribution in [-0.4, -0.2) is 41.5 Å². The molecule has 1 atom stereocenters. The van der Waals surface area contributed by atoms with Gasteiger partial charge in [0, 0.05) is 41.6 Å². The number of anilines is 1. The van der Waals surface area contributed by atoms with Crippen LogP contribution in [0.3, 0.4) is 0 Å². The highest BCUT2D eigenvalue weighted by Crippen LogP contribution is 2.28. The summed E-state index contributed by atoms with van der Waals surface area (Å²) >= 11 is 0. The number of pyridine rings is 1. The third kappa shape index (κ3) is 4.67. The maximum atomic E-state index is 12.7. The molecule has 1 saturated heterocycles. The molecule has 6 heteroatoms. The summed E-state index contributed by atoms with van der Waals surface area (Å²) in [5.41, 5.74) is 12.7. The van der Waals surface area contributed by atoms with E-state index in [1.807, 2.05) is 67.3 Å². The van der Waals surface area contributed by atoms with Gasteiger partial charge in [0.1, 0.15) is 11.6 Å². The van der Waals surface area contributed by atoms with Gasteiger partial charge in [-0.2, -0.15) is 0 Å². The van der Waals surface area contributed by atoms with Crippen molar-refractivity contribution >= 4 is 11.6 Å². The van der Waals surface area contributed by atoms with E-state index in [4.69, 9.17) is 5.73 Å². The fraction of sp³-hybridized carbons (Fsp3) is 0.269. The van der Waals surface area contributed by atoms with Crippen LogP contribution in [0, 0.1) is 13.8 Å². The molecule has 4 rings (SSSR count). The van der Waals surface area contributed by atoms with E-state index in [0.717, 1.165) is 46.6 Å². The second-order valence-electron chi connectivity index (χ2n) is 8.40. The Kier molecular flexibility index (Phi) is 6.26. The van der Waals surface area contributed by atoms with Gasteiger partial charge < -0.3 is 20.9 Å². The number of H-pyrrole nitrogens is 1. The minimum Gasteiger partial charge on any atom is -0.379 e. The van der Waals surface area contributed by atoms with Gasteiger partial charge in [-0.1, -0.05) is 42.0 Å². The maximum Gasteiger partial charge on any atom is 0.251 e. The number of carbonyl (C=O) groups excluding carboxylic acids is 1. The molecule has 0 amide bonds. The molecular weight excluding hydrogens is 400 g/mol. The molecule has 164 valence electrons. The number of aromatic nitrogens is 1. The summed E-state index contributed by atoms with van der Waals surface area (Å²) in [6.07, 6.45) is 0.880. The van der Waals surface area contributed by atoms with Crippen LogP contribution in [-0.2, 0) is 4.79 Å². The van der Waals surface area contributed by atoms with E-state index in [2.05, 4.69) is 22.3 Å². The molecule has 0 spiro atoms.